The normalized spacial score (nSPS) is 11.6. The van der Waals surface area contributed by atoms with Crippen molar-refractivity contribution in [3.8, 4) is 34.0 Å². The van der Waals surface area contributed by atoms with E-state index in [1.807, 2.05) is 30.3 Å². The van der Waals surface area contributed by atoms with Crippen LogP contribution in [0.3, 0.4) is 0 Å². The fraction of sp³-hybridized carbons (Fsp3) is 0.0213. The average molecular weight is 658 g/mol. The zero-order valence-electron chi connectivity index (χ0n) is 27.8. The summed E-state index contributed by atoms with van der Waals surface area (Å²) in [6.45, 7) is 2.10. The number of furan rings is 3. The lowest BCUT2D eigenvalue weighted by Gasteiger charge is -2.25. The Morgan fingerprint density at radius 1 is 0.373 bits per heavy atom. The van der Waals surface area contributed by atoms with Gasteiger partial charge in [-0.25, -0.2) is 0 Å². The molecule has 0 aliphatic rings. The average Bonchev–Trinajstić information content (AvgIpc) is 3.94. The summed E-state index contributed by atoms with van der Waals surface area (Å²) in [4.78, 5) is 2.26. The number of benzene rings is 7. The highest BCUT2D eigenvalue weighted by molar-refractivity contribution is 6.25. The first-order valence-electron chi connectivity index (χ1n) is 17.2. The zero-order chi connectivity index (χ0) is 33.9. The molecule has 3 heterocycles. The van der Waals surface area contributed by atoms with Crippen LogP contribution in [0, 0.1) is 6.92 Å². The summed E-state index contributed by atoms with van der Waals surface area (Å²) in [5.41, 5.74) is 9.80. The van der Waals surface area contributed by atoms with Crippen molar-refractivity contribution in [1.29, 1.82) is 0 Å². The van der Waals surface area contributed by atoms with Crippen molar-refractivity contribution in [2.75, 3.05) is 4.90 Å². The largest absolute Gasteiger partial charge is 0.456 e. The highest BCUT2D eigenvalue weighted by Crippen LogP contribution is 2.45. The molecule has 51 heavy (non-hydrogen) atoms. The second kappa shape index (κ2) is 11.7. The topological polar surface area (TPSA) is 42.7 Å². The molecule has 0 bridgehead atoms. The third kappa shape index (κ3) is 5.00. The van der Waals surface area contributed by atoms with Crippen molar-refractivity contribution in [3.05, 3.63) is 175 Å². The van der Waals surface area contributed by atoms with Gasteiger partial charge in [0.05, 0.1) is 0 Å². The highest BCUT2D eigenvalue weighted by atomic mass is 16.4. The number of hydrogen-bond acceptors (Lipinski definition) is 4. The molecule has 4 heteroatoms. The quantitative estimate of drug-likeness (QED) is 0.178. The first kappa shape index (κ1) is 29.2. The standard InChI is InChI=1S/C47H31NO3/c1-30-17-19-32(20-18-30)42-26-34-25-38-39(27-45(34)49-42)41-29-44(51-47(41)46-40(38)28-43(50-46)31-11-5-2-6-12-31)33-21-23-37(24-22-33)48(35-13-7-3-8-14-35)36-15-9-4-10-16-36/h2-29H,1H3. The molecule has 0 atom stereocenters. The number of anilines is 3. The van der Waals surface area contributed by atoms with Crippen molar-refractivity contribution < 1.29 is 13.3 Å². The van der Waals surface area contributed by atoms with Gasteiger partial charge in [0.2, 0.25) is 0 Å². The lowest BCUT2D eigenvalue weighted by molar-refractivity contribution is 0.598. The van der Waals surface area contributed by atoms with E-state index in [0.29, 0.717) is 0 Å². The SMILES string of the molecule is Cc1ccc(-c2cc3cc4c(cc3o2)c2cc(-c3ccc(N(c5ccccc5)c5ccccc5)cc3)oc2c2oc(-c3ccccc3)cc42)cc1. The fourth-order valence-electron chi connectivity index (χ4n) is 7.18. The van der Waals surface area contributed by atoms with Crippen LogP contribution in [0.5, 0.6) is 0 Å². The number of rotatable bonds is 6. The number of nitrogens with zero attached hydrogens (tertiary/aromatic N) is 1. The van der Waals surface area contributed by atoms with Crippen LogP contribution in [0.15, 0.2) is 183 Å². The third-order valence-electron chi connectivity index (χ3n) is 9.74. The molecule has 0 radical (unpaired) electrons. The van der Waals surface area contributed by atoms with Crippen molar-refractivity contribution in [2.45, 2.75) is 6.92 Å². The van der Waals surface area contributed by atoms with Crippen LogP contribution in [0.1, 0.15) is 5.56 Å². The monoisotopic (exact) mass is 657 g/mol. The Kier molecular flexibility index (Phi) is 6.68. The van der Waals surface area contributed by atoms with Gasteiger partial charge in [0.25, 0.3) is 0 Å². The predicted octanol–water partition coefficient (Wildman–Crippen LogP) is 13.9. The molecule has 4 nitrogen and oxygen atoms in total. The van der Waals surface area contributed by atoms with Crippen LogP contribution < -0.4 is 4.90 Å². The van der Waals surface area contributed by atoms with Gasteiger partial charge in [-0.1, -0.05) is 96.6 Å². The molecule has 0 fully saturated rings. The maximum Gasteiger partial charge on any atom is 0.178 e. The molecule has 0 amide bonds. The molecule has 0 saturated heterocycles. The van der Waals surface area contributed by atoms with Crippen molar-refractivity contribution >= 4 is 60.7 Å². The predicted molar refractivity (Wildman–Crippen MR) is 209 cm³/mol. The molecular weight excluding hydrogens is 627 g/mol. The minimum absolute atomic E-state index is 0.721. The highest BCUT2D eigenvalue weighted by Gasteiger charge is 2.21. The van der Waals surface area contributed by atoms with Gasteiger partial charge in [0, 0.05) is 49.9 Å². The molecule has 3 aromatic heterocycles. The van der Waals surface area contributed by atoms with Crippen molar-refractivity contribution in [2.24, 2.45) is 0 Å². The molecule has 0 spiro atoms. The Labute approximate surface area is 294 Å². The molecule has 0 aliphatic heterocycles. The molecule has 0 unspecified atom stereocenters. The summed E-state index contributed by atoms with van der Waals surface area (Å²) < 4.78 is 19.9. The van der Waals surface area contributed by atoms with Gasteiger partial charge in [-0.2, -0.15) is 0 Å². The van der Waals surface area contributed by atoms with Crippen LogP contribution >= 0.6 is 0 Å². The van der Waals surface area contributed by atoms with Crippen LogP contribution in [-0.4, -0.2) is 0 Å². The van der Waals surface area contributed by atoms with E-state index in [2.05, 4.69) is 151 Å². The number of aryl methyl sites for hydroxylation is 1. The summed E-state index contributed by atoms with van der Waals surface area (Å²) >= 11 is 0. The van der Waals surface area contributed by atoms with Crippen molar-refractivity contribution in [3.63, 3.8) is 0 Å². The molecule has 0 saturated carbocycles. The van der Waals surface area contributed by atoms with E-state index in [0.717, 1.165) is 94.7 Å². The molecular formula is C47H31NO3. The second-order valence-electron chi connectivity index (χ2n) is 13.0. The van der Waals surface area contributed by atoms with E-state index in [-0.39, 0.29) is 0 Å². The number of hydrogen-bond donors (Lipinski definition) is 0. The smallest absolute Gasteiger partial charge is 0.178 e. The number of para-hydroxylation sites is 2. The van der Waals surface area contributed by atoms with Crippen LogP contribution in [0.2, 0.25) is 0 Å². The summed E-state index contributed by atoms with van der Waals surface area (Å²) in [5.74, 6) is 2.42. The lowest BCUT2D eigenvalue weighted by atomic mass is 10.00. The lowest BCUT2D eigenvalue weighted by Crippen LogP contribution is -2.09. The Morgan fingerprint density at radius 2 is 0.824 bits per heavy atom. The van der Waals surface area contributed by atoms with E-state index in [4.69, 9.17) is 13.3 Å². The summed E-state index contributed by atoms with van der Waals surface area (Å²) in [6.07, 6.45) is 0. The summed E-state index contributed by atoms with van der Waals surface area (Å²) in [7, 11) is 0. The number of fused-ring (bicyclic) bond motifs is 7. The second-order valence-corrected chi connectivity index (χ2v) is 13.0. The molecule has 0 N–H and O–H groups in total. The Bertz CT molecular complexity index is 2790. The summed E-state index contributed by atoms with van der Waals surface area (Å²) in [6, 6.07) is 58.9. The van der Waals surface area contributed by atoms with E-state index in [1.54, 1.807) is 0 Å². The Balaban J connectivity index is 1.14. The van der Waals surface area contributed by atoms with Gasteiger partial charge in [-0.3, -0.25) is 0 Å². The minimum Gasteiger partial charge on any atom is -0.456 e. The molecule has 242 valence electrons. The maximum atomic E-state index is 6.75. The van der Waals surface area contributed by atoms with Crippen LogP contribution in [0.25, 0.3) is 77.7 Å². The van der Waals surface area contributed by atoms with Gasteiger partial charge in [0.1, 0.15) is 22.9 Å². The van der Waals surface area contributed by atoms with E-state index in [9.17, 15) is 0 Å². The van der Waals surface area contributed by atoms with E-state index >= 15 is 0 Å². The van der Waals surface area contributed by atoms with Crippen LogP contribution in [-0.2, 0) is 0 Å². The first-order valence-corrected chi connectivity index (χ1v) is 17.2. The minimum atomic E-state index is 0.721. The molecule has 7 aromatic carbocycles. The van der Waals surface area contributed by atoms with Gasteiger partial charge in [-0.15, -0.1) is 0 Å². The summed E-state index contributed by atoms with van der Waals surface area (Å²) in [5, 5.41) is 5.18. The maximum absolute atomic E-state index is 6.75. The molecule has 0 aliphatic carbocycles. The van der Waals surface area contributed by atoms with E-state index < -0.39 is 0 Å². The van der Waals surface area contributed by atoms with Gasteiger partial charge < -0.3 is 18.2 Å². The zero-order valence-corrected chi connectivity index (χ0v) is 27.8. The van der Waals surface area contributed by atoms with Gasteiger partial charge in [-0.05, 0) is 96.6 Å². The van der Waals surface area contributed by atoms with Gasteiger partial charge in [0.15, 0.2) is 11.2 Å². The third-order valence-corrected chi connectivity index (χ3v) is 9.74. The van der Waals surface area contributed by atoms with Gasteiger partial charge >= 0.3 is 0 Å². The molecule has 10 aromatic rings. The Hall–Kier alpha value is -6.78. The first-order chi connectivity index (χ1) is 25.2. The fourth-order valence-corrected chi connectivity index (χ4v) is 7.18. The van der Waals surface area contributed by atoms with E-state index in [1.165, 1.54) is 5.56 Å². The van der Waals surface area contributed by atoms with Crippen LogP contribution in [0.4, 0.5) is 17.1 Å². The van der Waals surface area contributed by atoms with Crippen molar-refractivity contribution in [1.82, 2.24) is 0 Å². The molecule has 10 rings (SSSR count). The Morgan fingerprint density at radius 3 is 1.39 bits per heavy atom.